The SMILES string of the molecule is C=CNc1nc(Cl)[nH]c1C(=CCC)N(CCCCC)CCCc1cnn(Cc2nc3ccccc3s2)c1. The van der Waals surface area contributed by atoms with Gasteiger partial charge in [0.2, 0.25) is 5.28 Å². The summed E-state index contributed by atoms with van der Waals surface area (Å²) >= 11 is 7.98. The lowest BCUT2D eigenvalue weighted by Crippen LogP contribution is -2.26. The molecule has 0 bridgehead atoms. The second kappa shape index (κ2) is 13.4. The van der Waals surface area contributed by atoms with Gasteiger partial charge in [-0.25, -0.2) is 4.98 Å². The number of nitrogens with one attached hydrogen (secondary N) is 2. The van der Waals surface area contributed by atoms with Crippen LogP contribution in [0.5, 0.6) is 0 Å². The number of benzene rings is 1. The molecule has 0 saturated heterocycles. The van der Waals surface area contributed by atoms with E-state index in [0.29, 0.717) is 17.6 Å². The van der Waals surface area contributed by atoms with Crippen LogP contribution < -0.4 is 5.32 Å². The van der Waals surface area contributed by atoms with Crippen molar-refractivity contribution in [3.63, 3.8) is 0 Å². The number of anilines is 1. The van der Waals surface area contributed by atoms with Gasteiger partial charge in [0.25, 0.3) is 0 Å². The predicted molar refractivity (Wildman–Crippen MR) is 156 cm³/mol. The summed E-state index contributed by atoms with van der Waals surface area (Å²) in [6.07, 6.45) is 14.5. The molecule has 7 nitrogen and oxygen atoms in total. The Bertz CT molecular complexity index is 1290. The average Bonchev–Trinajstić information content (AvgIpc) is 3.60. The molecule has 4 rings (SSSR count). The van der Waals surface area contributed by atoms with Crippen molar-refractivity contribution in [2.24, 2.45) is 0 Å². The number of hydrogen-bond acceptors (Lipinski definition) is 6. The number of aromatic amines is 1. The van der Waals surface area contributed by atoms with Gasteiger partial charge in [-0.2, -0.15) is 10.1 Å². The van der Waals surface area contributed by atoms with Crippen molar-refractivity contribution < 1.29 is 0 Å². The number of aryl methyl sites for hydroxylation is 1. The summed E-state index contributed by atoms with van der Waals surface area (Å²) in [7, 11) is 0. The fourth-order valence-electron chi connectivity index (χ4n) is 4.44. The first-order chi connectivity index (χ1) is 18.1. The lowest BCUT2D eigenvalue weighted by Gasteiger charge is -2.28. The predicted octanol–water partition coefficient (Wildman–Crippen LogP) is 7.35. The summed E-state index contributed by atoms with van der Waals surface area (Å²) in [5, 5.41) is 9.17. The number of para-hydroxylation sites is 1. The molecule has 0 spiro atoms. The number of rotatable bonds is 15. The zero-order valence-corrected chi connectivity index (χ0v) is 23.3. The highest BCUT2D eigenvalue weighted by atomic mass is 35.5. The number of thiazole rings is 1. The van der Waals surface area contributed by atoms with Crippen molar-refractivity contribution in [2.75, 3.05) is 18.4 Å². The van der Waals surface area contributed by atoms with Crippen molar-refractivity contribution in [3.05, 3.63) is 77.1 Å². The molecule has 9 heteroatoms. The third kappa shape index (κ3) is 7.23. The number of halogens is 1. The maximum atomic E-state index is 6.24. The number of unbranched alkanes of at least 4 members (excludes halogenated alkanes) is 2. The third-order valence-corrected chi connectivity index (χ3v) is 7.36. The first kappa shape index (κ1) is 26.9. The molecule has 0 aliphatic heterocycles. The molecule has 196 valence electrons. The lowest BCUT2D eigenvalue weighted by molar-refractivity contribution is 0.375. The van der Waals surface area contributed by atoms with E-state index in [2.05, 4.69) is 76.2 Å². The van der Waals surface area contributed by atoms with Crippen LogP contribution in [0.4, 0.5) is 5.82 Å². The number of hydrogen-bond donors (Lipinski definition) is 2. The molecule has 37 heavy (non-hydrogen) atoms. The number of allylic oxidation sites excluding steroid dienone is 1. The van der Waals surface area contributed by atoms with Crippen molar-refractivity contribution in [1.82, 2.24) is 29.6 Å². The van der Waals surface area contributed by atoms with E-state index in [1.54, 1.807) is 17.5 Å². The molecule has 0 saturated carbocycles. The van der Waals surface area contributed by atoms with Crippen LogP contribution in [-0.2, 0) is 13.0 Å². The summed E-state index contributed by atoms with van der Waals surface area (Å²) in [5.74, 6) is 0.705. The quantitative estimate of drug-likeness (QED) is 0.155. The van der Waals surface area contributed by atoms with E-state index < -0.39 is 0 Å². The molecule has 0 radical (unpaired) electrons. The standard InChI is InChI=1S/C28H36ClN7S/c1-4-7-10-16-35(23(12-5-2)26-27(30-6-3)34-28(29)33-26)17-11-13-21-18-31-36(19-21)20-25-32-22-14-8-9-15-24(22)37-25/h6,8-9,12,14-15,18-19,30H,3-5,7,10-11,13,16-17,20H2,1-2H3,(H,33,34). The van der Waals surface area contributed by atoms with Crippen LogP contribution in [0.2, 0.25) is 5.28 Å². The van der Waals surface area contributed by atoms with Gasteiger partial charge in [0.1, 0.15) is 10.7 Å². The molecule has 4 aromatic rings. The van der Waals surface area contributed by atoms with E-state index in [1.807, 2.05) is 16.9 Å². The van der Waals surface area contributed by atoms with Crippen LogP contribution in [0.3, 0.4) is 0 Å². The highest BCUT2D eigenvalue weighted by Gasteiger charge is 2.18. The Morgan fingerprint density at radius 2 is 2.03 bits per heavy atom. The minimum atomic E-state index is 0.371. The van der Waals surface area contributed by atoms with Crippen LogP contribution in [0.1, 0.15) is 62.2 Å². The first-order valence-electron chi connectivity index (χ1n) is 13.1. The number of H-pyrrole nitrogens is 1. The van der Waals surface area contributed by atoms with Gasteiger partial charge < -0.3 is 15.2 Å². The second-order valence-electron chi connectivity index (χ2n) is 9.02. The molecule has 2 N–H and O–H groups in total. The highest BCUT2D eigenvalue weighted by Crippen LogP contribution is 2.28. The first-order valence-corrected chi connectivity index (χ1v) is 14.2. The molecule has 1 aromatic carbocycles. The van der Waals surface area contributed by atoms with Gasteiger partial charge in [0.15, 0.2) is 5.82 Å². The minimum absolute atomic E-state index is 0.371. The van der Waals surface area contributed by atoms with Gasteiger partial charge in [-0.05, 0) is 61.2 Å². The molecule has 3 heterocycles. The Balaban J connectivity index is 1.42. The van der Waals surface area contributed by atoms with E-state index in [4.69, 9.17) is 16.6 Å². The normalized spacial score (nSPS) is 11.8. The Morgan fingerprint density at radius 1 is 1.19 bits per heavy atom. The molecular formula is C28H36ClN7S. The lowest BCUT2D eigenvalue weighted by atomic mass is 10.1. The number of nitrogens with zero attached hydrogens (tertiary/aromatic N) is 5. The topological polar surface area (TPSA) is 74.7 Å². The Morgan fingerprint density at radius 3 is 2.81 bits per heavy atom. The van der Waals surface area contributed by atoms with Crippen LogP contribution in [0.25, 0.3) is 15.9 Å². The summed E-state index contributed by atoms with van der Waals surface area (Å²) < 4.78 is 3.21. The van der Waals surface area contributed by atoms with E-state index in [1.165, 1.54) is 23.1 Å². The third-order valence-electron chi connectivity index (χ3n) is 6.16. The zero-order chi connectivity index (χ0) is 26.0. The van der Waals surface area contributed by atoms with Crippen molar-refractivity contribution in [2.45, 2.75) is 58.9 Å². The van der Waals surface area contributed by atoms with Gasteiger partial charge in [-0.3, -0.25) is 4.68 Å². The number of fused-ring (bicyclic) bond motifs is 1. The fraction of sp³-hybridized carbons (Fsp3) is 0.393. The second-order valence-corrected chi connectivity index (χ2v) is 10.5. The highest BCUT2D eigenvalue weighted by molar-refractivity contribution is 7.18. The Hall–Kier alpha value is -3.10. The zero-order valence-electron chi connectivity index (χ0n) is 21.7. The average molecular weight is 538 g/mol. The fourth-order valence-corrected chi connectivity index (χ4v) is 5.58. The smallest absolute Gasteiger partial charge is 0.202 e. The van der Waals surface area contributed by atoms with Crippen molar-refractivity contribution in [3.8, 4) is 0 Å². The van der Waals surface area contributed by atoms with E-state index in [-0.39, 0.29) is 0 Å². The van der Waals surface area contributed by atoms with Crippen molar-refractivity contribution >= 4 is 44.7 Å². The van der Waals surface area contributed by atoms with Crippen LogP contribution in [-0.4, -0.2) is 42.7 Å². The number of aromatic nitrogens is 5. The van der Waals surface area contributed by atoms with Crippen LogP contribution in [0, 0.1) is 0 Å². The molecule has 0 unspecified atom stereocenters. The Kier molecular flexibility index (Phi) is 9.79. The molecular weight excluding hydrogens is 502 g/mol. The van der Waals surface area contributed by atoms with Gasteiger partial charge in [0, 0.05) is 19.3 Å². The summed E-state index contributed by atoms with van der Waals surface area (Å²) in [6.45, 7) is 10.8. The number of imidazole rings is 1. The molecule has 0 atom stereocenters. The van der Waals surface area contributed by atoms with Crippen LogP contribution >= 0.6 is 22.9 Å². The monoisotopic (exact) mass is 537 g/mol. The molecule has 0 fully saturated rings. The summed E-state index contributed by atoms with van der Waals surface area (Å²) in [4.78, 5) is 14.9. The molecule has 0 aliphatic rings. The van der Waals surface area contributed by atoms with Gasteiger partial charge >= 0.3 is 0 Å². The largest absolute Gasteiger partial charge is 0.370 e. The van der Waals surface area contributed by atoms with E-state index in [0.717, 1.165) is 60.7 Å². The minimum Gasteiger partial charge on any atom is -0.370 e. The molecule has 0 aliphatic carbocycles. The molecule has 0 amide bonds. The van der Waals surface area contributed by atoms with Gasteiger partial charge in [0.05, 0.1) is 28.7 Å². The van der Waals surface area contributed by atoms with Gasteiger partial charge in [-0.15, -0.1) is 11.3 Å². The van der Waals surface area contributed by atoms with Crippen molar-refractivity contribution in [1.29, 1.82) is 0 Å². The Labute approximate surface area is 228 Å². The maximum Gasteiger partial charge on any atom is 0.202 e. The maximum absolute atomic E-state index is 6.24. The van der Waals surface area contributed by atoms with Gasteiger partial charge in [-0.1, -0.05) is 51.5 Å². The van der Waals surface area contributed by atoms with E-state index >= 15 is 0 Å². The summed E-state index contributed by atoms with van der Waals surface area (Å²) in [5.41, 5.74) is 4.34. The van der Waals surface area contributed by atoms with E-state index in [9.17, 15) is 0 Å². The molecule has 3 aromatic heterocycles. The van der Waals surface area contributed by atoms with Crippen LogP contribution in [0.15, 0.2) is 55.5 Å². The summed E-state index contributed by atoms with van der Waals surface area (Å²) in [6, 6.07) is 8.26.